The van der Waals surface area contributed by atoms with Gasteiger partial charge in [-0.05, 0) is 37.3 Å². The van der Waals surface area contributed by atoms with Gasteiger partial charge < -0.3 is 9.80 Å². The zero-order chi connectivity index (χ0) is 16.2. The Kier molecular flexibility index (Phi) is 4.29. The van der Waals surface area contributed by atoms with Gasteiger partial charge in [-0.25, -0.2) is 0 Å². The van der Waals surface area contributed by atoms with E-state index in [4.69, 9.17) is 5.26 Å². The first kappa shape index (κ1) is 15.1. The first-order chi connectivity index (χ1) is 11.2. The van der Waals surface area contributed by atoms with Gasteiger partial charge in [0.2, 0.25) is 0 Å². The number of aryl methyl sites for hydroxylation is 1. The van der Waals surface area contributed by atoms with Crippen molar-refractivity contribution >= 4 is 11.6 Å². The molecule has 2 aromatic carbocycles. The van der Waals surface area contributed by atoms with E-state index in [-0.39, 0.29) is 5.91 Å². The van der Waals surface area contributed by atoms with E-state index in [1.807, 2.05) is 4.90 Å². The molecule has 0 bridgehead atoms. The molecule has 0 unspecified atom stereocenters. The van der Waals surface area contributed by atoms with E-state index in [0.29, 0.717) is 24.2 Å². The second-order valence-corrected chi connectivity index (χ2v) is 5.81. The van der Waals surface area contributed by atoms with E-state index in [0.717, 1.165) is 13.1 Å². The summed E-state index contributed by atoms with van der Waals surface area (Å²) in [6.45, 7) is 5.13. The zero-order valence-corrected chi connectivity index (χ0v) is 13.2. The lowest BCUT2D eigenvalue weighted by molar-refractivity contribution is 0.0747. The third-order valence-electron chi connectivity index (χ3n) is 4.20. The number of nitrogens with zero attached hydrogens (tertiary/aromatic N) is 3. The lowest BCUT2D eigenvalue weighted by Crippen LogP contribution is -2.48. The Morgan fingerprint density at radius 3 is 2.39 bits per heavy atom. The SMILES string of the molecule is Cc1ccc(N2CCN(C(=O)c3cccc(C#N)c3)CC2)cc1. The molecule has 0 radical (unpaired) electrons. The number of rotatable bonds is 2. The van der Waals surface area contributed by atoms with Crippen LogP contribution in [0.2, 0.25) is 0 Å². The molecule has 3 rings (SSSR count). The van der Waals surface area contributed by atoms with Crippen LogP contribution in [0.25, 0.3) is 0 Å². The molecule has 1 heterocycles. The summed E-state index contributed by atoms with van der Waals surface area (Å²) in [7, 11) is 0. The molecular weight excluding hydrogens is 286 g/mol. The van der Waals surface area contributed by atoms with Gasteiger partial charge in [0.05, 0.1) is 11.6 Å². The summed E-state index contributed by atoms with van der Waals surface area (Å²) in [6, 6.07) is 17.5. The van der Waals surface area contributed by atoms with Crippen molar-refractivity contribution in [1.82, 2.24) is 4.90 Å². The van der Waals surface area contributed by atoms with Crippen molar-refractivity contribution < 1.29 is 4.79 Å². The molecule has 0 aliphatic carbocycles. The third kappa shape index (κ3) is 3.35. The van der Waals surface area contributed by atoms with E-state index in [2.05, 4.69) is 42.2 Å². The van der Waals surface area contributed by atoms with Crippen LogP contribution in [0, 0.1) is 18.3 Å². The minimum absolute atomic E-state index is 0.00524. The highest BCUT2D eigenvalue weighted by Crippen LogP contribution is 2.18. The molecule has 1 aliphatic heterocycles. The summed E-state index contributed by atoms with van der Waals surface area (Å²) in [5.41, 5.74) is 3.57. The molecule has 4 heteroatoms. The fourth-order valence-corrected chi connectivity index (χ4v) is 2.83. The van der Waals surface area contributed by atoms with E-state index < -0.39 is 0 Å². The molecule has 2 aromatic rings. The Morgan fingerprint density at radius 2 is 1.74 bits per heavy atom. The van der Waals surface area contributed by atoms with Crippen LogP contribution in [0.3, 0.4) is 0 Å². The van der Waals surface area contributed by atoms with Crippen LogP contribution in [0.15, 0.2) is 48.5 Å². The molecule has 0 atom stereocenters. The maximum absolute atomic E-state index is 12.6. The molecule has 4 nitrogen and oxygen atoms in total. The lowest BCUT2D eigenvalue weighted by Gasteiger charge is -2.36. The topological polar surface area (TPSA) is 47.3 Å². The minimum Gasteiger partial charge on any atom is -0.368 e. The van der Waals surface area contributed by atoms with Crippen LogP contribution < -0.4 is 4.90 Å². The van der Waals surface area contributed by atoms with Gasteiger partial charge in [-0.2, -0.15) is 5.26 Å². The Balaban J connectivity index is 1.65. The summed E-state index contributed by atoms with van der Waals surface area (Å²) in [5.74, 6) is 0.00524. The molecule has 1 aliphatic rings. The van der Waals surface area contributed by atoms with E-state index in [9.17, 15) is 4.79 Å². The Morgan fingerprint density at radius 1 is 1.04 bits per heavy atom. The van der Waals surface area contributed by atoms with Gasteiger partial charge in [-0.1, -0.05) is 23.8 Å². The third-order valence-corrected chi connectivity index (χ3v) is 4.20. The van der Waals surface area contributed by atoms with Gasteiger partial charge >= 0.3 is 0 Å². The van der Waals surface area contributed by atoms with E-state index in [1.165, 1.54) is 11.3 Å². The van der Waals surface area contributed by atoms with Crippen LogP contribution in [-0.2, 0) is 0 Å². The quantitative estimate of drug-likeness (QED) is 0.857. The molecular formula is C19H19N3O. The predicted octanol–water partition coefficient (Wildman–Crippen LogP) is 2.83. The number of amides is 1. The predicted molar refractivity (Wildman–Crippen MR) is 90.5 cm³/mol. The van der Waals surface area contributed by atoms with Crippen LogP contribution in [-0.4, -0.2) is 37.0 Å². The highest BCUT2D eigenvalue weighted by atomic mass is 16.2. The highest BCUT2D eigenvalue weighted by molar-refractivity contribution is 5.94. The number of hydrogen-bond donors (Lipinski definition) is 0. The maximum Gasteiger partial charge on any atom is 0.254 e. The van der Waals surface area contributed by atoms with Gasteiger partial charge in [0.15, 0.2) is 0 Å². The summed E-state index contributed by atoms with van der Waals surface area (Å²) < 4.78 is 0. The van der Waals surface area contributed by atoms with Gasteiger partial charge in [-0.15, -0.1) is 0 Å². The van der Waals surface area contributed by atoms with Crippen molar-refractivity contribution in [2.45, 2.75) is 6.92 Å². The fraction of sp³-hybridized carbons (Fsp3) is 0.263. The number of carbonyl (C=O) groups is 1. The summed E-state index contributed by atoms with van der Waals surface area (Å²) >= 11 is 0. The van der Waals surface area contributed by atoms with E-state index in [1.54, 1.807) is 24.3 Å². The number of hydrogen-bond acceptors (Lipinski definition) is 3. The second kappa shape index (κ2) is 6.53. The summed E-state index contributed by atoms with van der Waals surface area (Å²) in [5, 5.41) is 8.95. The largest absolute Gasteiger partial charge is 0.368 e. The number of piperazine rings is 1. The molecule has 116 valence electrons. The van der Waals surface area contributed by atoms with Crippen molar-refractivity contribution in [3.8, 4) is 6.07 Å². The van der Waals surface area contributed by atoms with Crippen molar-refractivity contribution in [1.29, 1.82) is 5.26 Å². The number of nitriles is 1. The molecule has 0 saturated carbocycles. The smallest absolute Gasteiger partial charge is 0.254 e. The molecule has 1 amide bonds. The monoisotopic (exact) mass is 305 g/mol. The number of benzene rings is 2. The van der Waals surface area contributed by atoms with Crippen LogP contribution in [0.5, 0.6) is 0 Å². The molecule has 23 heavy (non-hydrogen) atoms. The van der Waals surface area contributed by atoms with Gasteiger partial charge in [0.25, 0.3) is 5.91 Å². The van der Waals surface area contributed by atoms with Crippen molar-refractivity contribution in [3.63, 3.8) is 0 Å². The van der Waals surface area contributed by atoms with Gasteiger partial charge in [-0.3, -0.25) is 4.79 Å². The number of carbonyl (C=O) groups excluding carboxylic acids is 1. The average Bonchev–Trinajstić information content (AvgIpc) is 2.62. The molecule has 0 spiro atoms. The minimum atomic E-state index is 0.00524. The summed E-state index contributed by atoms with van der Waals surface area (Å²) in [6.07, 6.45) is 0. The standard InChI is InChI=1S/C19H19N3O/c1-15-5-7-18(8-6-15)21-9-11-22(12-10-21)19(23)17-4-2-3-16(13-17)14-20/h2-8,13H,9-12H2,1H3. The van der Waals surface area contributed by atoms with Crippen molar-refractivity contribution in [2.24, 2.45) is 0 Å². The van der Waals surface area contributed by atoms with Gasteiger partial charge in [0.1, 0.15) is 0 Å². The molecule has 1 saturated heterocycles. The Bertz CT molecular complexity index is 738. The Labute approximate surface area is 136 Å². The maximum atomic E-state index is 12.6. The van der Waals surface area contributed by atoms with Crippen molar-refractivity contribution in [3.05, 3.63) is 65.2 Å². The first-order valence-corrected chi connectivity index (χ1v) is 7.78. The average molecular weight is 305 g/mol. The number of anilines is 1. The molecule has 1 fully saturated rings. The van der Waals surface area contributed by atoms with Crippen LogP contribution in [0.1, 0.15) is 21.5 Å². The summed E-state index contributed by atoms with van der Waals surface area (Å²) in [4.78, 5) is 16.7. The van der Waals surface area contributed by atoms with Crippen LogP contribution in [0.4, 0.5) is 5.69 Å². The second-order valence-electron chi connectivity index (χ2n) is 5.81. The lowest BCUT2D eigenvalue weighted by atomic mass is 10.1. The zero-order valence-electron chi connectivity index (χ0n) is 13.2. The Hall–Kier alpha value is -2.80. The van der Waals surface area contributed by atoms with Crippen LogP contribution >= 0.6 is 0 Å². The molecule has 0 N–H and O–H groups in total. The fourth-order valence-electron chi connectivity index (χ4n) is 2.83. The van der Waals surface area contributed by atoms with E-state index >= 15 is 0 Å². The normalized spacial score (nSPS) is 14.4. The molecule has 0 aromatic heterocycles. The van der Waals surface area contributed by atoms with Crippen molar-refractivity contribution in [2.75, 3.05) is 31.1 Å². The highest BCUT2D eigenvalue weighted by Gasteiger charge is 2.22. The first-order valence-electron chi connectivity index (χ1n) is 7.78. The van der Waals surface area contributed by atoms with Gasteiger partial charge in [0, 0.05) is 37.4 Å².